The molecular weight excluding hydrogens is 307 g/mol. The van der Waals surface area contributed by atoms with Gasteiger partial charge in [-0.25, -0.2) is 0 Å². The number of hydrogen-bond acceptors (Lipinski definition) is 4. The molecule has 3 nitrogen and oxygen atoms in total. The fraction of sp³-hybridized carbons (Fsp3) is 0.385. The summed E-state index contributed by atoms with van der Waals surface area (Å²) in [6.07, 6.45) is 0.306. The van der Waals surface area contributed by atoms with E-state index >= 15 is 0 Å². The summed E-state index contributed by atoms with van der Waals surface area (Å²) in [6.45, 7) is 2.07. The number of halogens is 2. The van der Waals surface area contributed by atoms with Crippen LogP contribution >= 0.6 is 35.0 Å². The van der Waals surface area contributed by atoms with Crippen LogP contribution in [-0.2, 0) is 14.3 Å². The van der Waals surface area contributed by atoms with Gasteiger partial charge in [-0.15, -0.1) is 11.8 Å². The SMILES string of the molecule is CCOC(=O)CCC(=O)CSc1cc(Cl)ccc1Cl. The van der Waals surface area contributed by atoms with E-state index in [-0.39, 0.29) is 30.3 Å². The minimum Gasteiger partial charge on any atom is -0.466 e. The molecule has 0 amide bonds. The number of ketones is 1. The highest BCUT2D eigenvalue weighted by Crippen LogP contribution is 2.29. The number of carbonyl (C=O) groups excluding carboxylic acids is 2. The van der Waals surface area contributed by atoms with Gasteiger partial charge >= 0.3 is 5.97 Å². The number of carbonyl (C=O) groups is 2. The molecule has 0 fully saturated rings. The molecule has 0 aliphatic rings. The maximum atomic E-state index is 11.6. The zero-order chi connectivity index (χ0) is 14.3. The molecule has 0 aromatic heterocycles. The first-order chi connectivity index (χ1) is 9.02. The Morgan fingerprint density at radius 3 is 2.68 bits per heavy atom. The Kier molecular flexibility index (Phi) is 7.28. The van der Waals surface area contributed by atoms with Crippen molar-refractivity contribution in [2.24, 2.45) is 0 Å². The summed E-state index contributed by atoms with van der Waals surface area (Å²) in [4.78, 5) is 23.5. The Hall–Kier alpha value is -0.710. The lowest BCUT2D eigenvalue weighted by Crippen LogP contribution is -2.09. The molecule has 19 heavy (non-hydrogen) atoms. The van der Waals surface area contributed by atoms with Crippen LogP contribution in [0.1, 0.15) is 19.8 Å². The molecule has 0 atom stereocenters. The molecule has 1 aromatic rings. The first-order valence-electron chi connectivity index (χ1n) is 5.78. The van der Waals surface area contributed by atoms with Gasteiger partial charge in [-0.3, -0.25) is 9.59 Å². The third-order valence-electron chi connectivity index (χ3n) is 2.20. The van der Waals surface area contributed by atoms with Crippen LogP contribution in [0.5, 0.6) is 0 Å². The van der Waals surface area contributed by atoms with E-state index in [2.05, 4.69) is 0 Å². The lowest BCUT2D eigenvalue weighted by molar-refractivity contribution is -0.144. The van der Waals surface area contributed by atoms with Crippen molar-refractivity contribution in [3.8, 4) is 0 Å². The van der Waals surface area contributed by atoms with E-state index in [1.807, 2.05) is 0 Å². The minimum absolute atomic E-state index is 0.0194. The number of hydrogen-bond donors (Lipinski definition) is 0. The first kappa shape index (κ1) is 16.3. The van der Waals surface area contributed by atoms with E-state index in [1.165, 1.54) is 11.8 Å². The molecule has 0 unspecified atom stereocenters. The number of ether oxygens (including phenoxy) is 1. The second kappa shape index (κ2) is 8.46. The van der Waals surface area contributed by atoms with Crippen molar-refractivity contribution >= 4 is 46.7 Å². The van der Waals surface area contributed by atoms with Crippen LogP contribution in [0.25, 0.3) is 0 Å². The Morgan fingerprint density at radius 2 is 2.00 bits per heavy atom. The summed E-state index contributed by atoms with van der Waals surface area (Å²) in [7, 11) is 0. The van der Waals surface area contributed by atoms with Gasteiger partial charge in [0.15, 0.2) is 0 Å². The second-order valence-electron chi connectivity index (χ2n) is 3.71. The van der Waals surface area contributed by atoms with Gasteiger partial charge in [0.1, 0.15) is 5.78 Å². The Labute approximate surface area is 126 Å². The van der Waals surface area contributed by atoms with Crippen LogP contribution < -0.4 is 0 Å². The highest BCUT2D eigenvalue weighted by atomic mass is 35.5. The van der Waals surface area contributed by atoms with Gasteiger partial charge < -0.3 is 4.74 Å². The largest absolute Gasteiger partial charge is 0.466 e. The van der Waals surface area contributed by atoms with Crippen molar-refractivity contribution < 1.29 is 14.3 Å². The average Bonchev–Trinajstić information content (AvgIpc) is 2.38. The predicted molar refractivity (Wildman–Crippen MR) is 78.1 cm³/mol. The van der Waals surface area contributed by atoms with Crippen molar-refractivity contribution in [2.45, 2.75) is 24.7 Å². The second-order valence-corrected chi connectivity index (χ2v) is 5.57. The summed E-state index contributed by atoms with van der Waals surface area (Å²) >= 11 is 13.2. The predicted octanol–water partition coefficient (Wildman–Crippen LogP) is 4.00. The third-order valence-corrected chi connectivity index (χ3v) is 3.99. The van der Waals surface area contributed by atoms with Crippen molar-refractivity contribution in [3.63, 3.8) is 0 Å². The van der Waals surface area contributed by atoms with E-state index in [1.54, 1.807) is 25.1 Å². The Bertz CT molecular complexity index is 463. The lowest BCUT2D eigenvalue weighted by atomic mass is 10.2. The van der Waals surface area contributed by atoms with Crippen LogP contribution in [-0.4, -0.2) is 24.1 Å². The maximum Gasteiger partial charge on any atom is 0.306 e. The maximum absolute atomic E-state index is 11.6. The van der Waals surface area contributed by atoms with Gasteiger partial charge in [-0.05, 0) is 25.1 Å². The van der Waals surface area contributed by atoms with Crippen LogP contribution in [0.2, 0.25) is 10.0 Å². The van der Waals surface area contributed by atoms with Gasteiger partial charge in [0, 0.05) is 16.3 Å². The molecule has 0 N–H and O–H groups in total. The number of rotatable bonds is 7. The van der Waals surface area contributed by atoms with Crippen molar-refractivity contribution in [3.05, 3.63) is 28.2 Å². The summed E-state index contributed by atoms with van der Waals surface area (Å²) in [6, 6.07) is 5.10. The standard InChI is InChI=1S/C13H14Cl2O3S/c1-2-18-13(17)6-4-10(16)8-19-12-7-9(14)3-5-11(12)15/h3,5,7H,2,4,6,8H2,1H3. The zero-order valence-electron chi connectivity index (χ0n) is 10.4. The van der Waals surface area contributed by atoms with E-state index in [4.69, 9.17) is 27.9 Å². The fourth-order valence-corrected chi connectivity index (χ4v) is 2.69. The smallest absolute Gasteiger partial charge is 0.306 e. The van der Waals surface area contributed by atoms with E-state index in [9.17, 15) is 9.59 Å². The Morgan fingerprint density at radius 1 is 1.26 bits per heavy atom. The Balaban J connectivity index is 2.38. The summed E-state index contributed by atoms with van der Waals surface area (Å²) in [5, 5.41) is 1.14. The normalized spacial score (nSPS) is 10.3. The number of benzene rings is 1. The van der Waals surface area contributed by atoms with Crippen molar-refractivity contribution in [1.29, 1.82) is 0 Å². The molecule has 0 radical (unpaired) electrons. The van der Waals surface area contributed by atoms with Gasteiger partial charge in [-0.1, -0.05) is 23.2 Å². The fourth-order valence-electron chi connectivity index (χ4n) is 1.29. The van der Waals surface area contributed by atoms with E-state index in [0.717, 1.165) is 4.90 Å². The third kappa shape index (κ3) is 6.32. The molecule has 1 rings (SSSR count). The molecule has 0 spiro atoms. The van der Waals surface area contributed by atoms with E-state index < -0.39 is 0 Å². The molecule has 6 heteroatoms. The summed E-state index contributed by atoms with van der Waals surface area (Å²) in [5.74, 6) is -0.102. The summed E-state index contributed by atoms with van der Waals surface area (Å²) < 4.78 is 4.75. The topological polar surface area (TPSA) is 43.4 Å². The van der Waals surface area contributed by atoms with Crippen LogP contribution in [0.3, 0.4) is 0 Å². The van der Waals surface area contributed by atoms with Crippen molar-refractivity contribution in [2.75, 3.05) is 12.4 Å². The number of thioether (sulfide) groups is 1. The highest BCUT2D eigenvalue weighted by Gasteiger charge is 2.09. The summed E-state index contributed by atoms with van der Waals surface area (Å²) in [5.41, 5.74) is 0. The average molecular weight is 321 g/mol. The zero-order valence-corrected chi connectivity index (χ0v) is 12.8. The minimum atomic E-state index is -0.346. The van der Waals surface area contributed by atoms with Gasteiger partial charge in [-0.2, -0.15) is 0 Å². The molecule has 0 saturated heterocycles. The number of Topliss-reactive ketones (excluding diaryl/α,β-unsaturated/α-hetero) is 1. The van der Waals surface area contributed by atoms with Gasteiger partial charge in [0.2, 0.25) is 0 Å². The molecular formula is C13H14Cl2O3S. The molecule has 0 saturated carbocycles. The molecule has 0 aliphatic heterocycles. The lowest BCUT2D eigenvalue weighted by Gasteiger charge is -2.04. The van der Waals surface area contributed by atoms with E-state index in [0.29, 0.717) is 16.7 Å². The van der Waals surface area contributed by atoms with Crippen molar-refractivity contribution in [1.82, 2.24) is 0 Å². The molecule has 0 aliphatic carbocycles. The number of esters is 1. The molecule has 0 bridgehead atoms. The van der Waals surface area contributed by atoms with Gasteiger partial charge in [0.05, 0.1) is 23.8 Å². The molecule has 1 aromatic carbocycles. The first-order valence-corrected chi connectivity index (χ1v) is 7.52. The monoisotopic (exact) mass is 320 g/mol. The quantitative estimate of drug-likeness (QED) is 0.562. The van der Waals surface area contributed by atoms with Crippen LogP contribution in [0.4, 0.5) is 0 Å². The highest BCUT2D eigenvalue weighted by molar-refractivity contribution is 8.00. The van der Waals surface area contributed by atoms with Gasteiger partial charge in [0.25, 0.3) is 0 Å². The molecule has 104 valence electrons. The van der Waals surface area contributed by atoms with Crippen LogP contribution in [0.15, 0.2) is 23.1 Å². The molecule has 0 heterocycles. The van der Waals surface area contributed by atoms with Crippen LogP contribution in [0, 0.1) is 0 Å².